The van der Waals surface area contributed by atoms with E-state index >= 15 is 0 Å². The van der Waals surface area contributed by atoms with Crippen molar-refractivity contribution in [2.75, 3.05) is 0 Å². The smallest absolute Gasteiger partial charge is 0.334 e. The number of unbranched alkanes of at least 4 members (excludes halogenated alkanes) is 4. The van der Waals surface area contributed by atoms with Gasteiger partial charge in [-0.3, -0.25) is 9.35 Å². The zero-order chi connectivity index (χ0) is 21.9. The van der Waals surface area contributed by atoms with Crippen LogP contribution in [0.1, 0.15) is 72.1 Å². The van der Waals surface area contributed by atoms with Crippen molar-refractivity contribution in [2.45, 2.75) is 83.1 Å². The molecule has 2 N–H and O–H groups in total. The maximum atomic E-state index is 12.6. The molecule has 0 aromatic heterocycles. The van der Waals surface area contributed by atoms with E-state index in [4.69, 9.17) is 4.74 Å². The second-order valence-electron chi connectivity index (χ2n) is 7.30. The number of carbonyl (C=O) groups excluding carboxylic acids is 2. The third kappa shape index (κ3) is 8.95. The topological polar surface area (TPSA) is 110 Å². The lowest BCUT2D eigenvalue weighted by Crippen LogP contribution is -2.45. The van der Waals surface area contributed by atoms with Crippen molar-refractivity contribution < 1.29 is 27.3 Å². The van der Waals surface area contributed by atoms with Gasteiger partial charge in [0.05, 0.1) is 0 Å². The molecule has 29 heavy (non-hydrogen) atoms. The second-order valence-corrected chi connectivity index (χ2v) is 8.69. The van der Waals surface area contributed by atoms with E-state index in [0.29, 0.717) is 12.8 Å². The lowest BCUT2D eigenvalue weighted by Gasteiger charge is -2.20. The Morgan fingerprint density at radius 1 is 1.03 bits per heavy atom. The summed E-state index contributed by atoms with van der Waals surface area (Å²) < 4.78 is 37.5. The number of nitrogens with one attached hydrogen (secondary N) is 1. The molecular weight excluding hydrogens is 394 g/mol. The second kappa shape index (κ2) is 12.6. The van der Waals surface area contributed by atoms with Crippen LogP contribution in [0.4, 0.5) is 0 Å². The number of amides is 1. The van der Waals surface area contributed by atoms with Gasteiger partial charge >= 0.3 is 5.97 Å². The van der Waals surface area contributed by atoms with Crippen LogP contribution < -0.4 is 10.1 Å². The Kier molecular flexibility index (Phi) is 10.9. The van der Waals surface area contributed by atoms with Gasteiger partial charge in [-0.15, -0.1) is 0 Å². The van der Waals surface area contributed by atoms with Crippen molar-refractivity contribution in [3.05, 3.63) is 24.3 Å². The summed E-state index contributed by atoms with van der Waals surface area (Å²) in [6.45, 7) is 5.92. The average Bonchev–Trinajstić information content (AvgIpc) is 2.67. The van der Waals surface area contributed by atoms with Crippen LogP contribution in [0.3, 0.4) is 0 Å². The molecule has 164 valence electrons. The van der Waals surface area contributed by atoms with Crippen LogP contribution in [0.5, 0.6) is 5.75 Å². The number of esters is 1. The molecule has 7 nitrogen and oxygen atoms in total. The van der Waals surface area contributed by atoms with Crippen LogP contribution in [0.25, 0.3) is 0 Å². The molecule has 1 rings (SSSR count). The van der Waals surface area contributed by atoms with Crippen LogP contribution in [0, 0.1) is 5.92 Å². The molecule has 0 aliphatic heterocycles. The molecule has 0 radical (unpaired) electrons. The minimum Gasteiger partial charge on any atom is -0.424 e. The predicted octanol–water partition coefficient (Wildman–Crippen LogP) is 4.12. The largest absolute Gasteiger partial charge is 0.424 e. The lowest BCUT2D eigenvalue weighted by atomic mass is 10.0. The zero-order valence-electron chi connectivity index (χ0n) is 17.5. The molecule has 2 atom stereocenters. The minimum atomic E-state index is -4.54. The Balaban J connectivity index is 2.82. The van der Waals surface area contributed by atoms with Crippen LogP contribution in [-0.4, -0.2) is 30.9 Å². The maximum absolute atomic E-state index is 12.6. The molecule has 0 heterocycles. The van der Waals surface area contributed by atoms with Crippen molar-refractivity contribution in [3.63, 3.8) is 0 Å². The number of hydrogen-bond donors (Lipinski definition) is 2. The highest BCUT2D eigenvalue weighted by Gasteiger charge is 2.26. The van der Waals surface area contributed by atoms with Gasteiger partial charge in [-0.2, -0.15) is 8.42 Å². The summed E-state index contributed by atoms with van der Waals surface area (Å²) in [6, 6.07) is 4.47. The highest BCUT2D eigenvalue weighted by molar-refractivity contribution is 7.86. The highest BCUT2D eigenvalue weighted by atomic mass is 32.2. The number of ether oxygens (including phenoxy) is 1. The molecule has 0 saturated carbocycles. The molecule has 0 saturated heterocycles. The molecular formula is C21H33NO6S. The summed E-state index contributed by atoms with van der Waals surface area (Å²) in [6.07, 6.45) is 6.93. The Labute approximate surface area is 174 Å². The van der Waals surface area contributed by atoms with Crippen LogP contribution in [-0.2, 0) is 19.7 Å². The maximum Gasteiger partial charge on any atom is 0.334 e. The minimum absolute atomic E-state index is 0.220. The summed E-state index contributed by atoms with van der Waals surface area (Å²) in [5, 5.41) is 2.75. The molecule has 2 unspecified atom stereocenters. The van der Waals surface area contributed by atoms with Crippen molar-refractivity contribution in [1.29, 1.82) is 0 Å². The first-order valence-electron chi connectivity index (χ1n) is 10.3. The molecule has 0 spiro atoms. The highest BCUT2D eigenvalue weighted by Crippen LogP contribution is 2.24. The predicted molar refractivity (Wildman–Crippen MR) is 111 cm³/mol. The molecule has 0 aliphatic rings. The van der Waals surface area contributed by atoms with E-state index < -0.39 is 27.0 Å². The SMILES string of the molecule is CCCCCCC(C)C(=O)NC(CCCC)C(=O)Oc1ccccc1S(=O)(=O)O. The fourth-order valence-corrected chi connectivity index (χ4v) is 3.52. The summed E-state index contributed by atoms with van der Waals surface area (Å²) in [5.74, 6) is -1.46. The van der Waals surface area contributed by atoms with Crippen LogP contribution in [0.15, 0.2) is 29.2 Å². The van der Waals surface area contributed by atoms with Crippen molar-refractivity contribution in [1.82, 2.24) is 5.32 Å². The van der Waals surface area contributed by atoms with E-state index in [1.165, 1.54) is 18.2 Å². The van der Waals surface area contributed by atoms with E-state index in [1.807, 2.05) is 13.8 Å². The van der Waals surface area contributed by atoms with E-state index in [2.05, 4.69) is 12.2 Å². The van der Waals surface area contributed by atoms with Gasteiger partial charge in [0.25, 0.3) is 10.1 Å². The number of rotatable bonds is 13. The third-order valence-corrected chi connectivity index (χ3v) is 5.62. The molecule has 8 heteroatoms. The lowest BCUT2D eigenvalue weighted by molar-refractivity contribution is -0.140. The van der Waals surface area contributed by atoms with E-state index in [1.54, 1.807) is 0 Å². The van der Waals surface area contributed by atoms with Gasteiger partial charge in [0.1, 0.15) is 10.9 Å². The van der Waals surface area contributed by atoms with Gasteiger partial charge in [-0.1, -0.05) is 71.4 Å². The Bertz CT molecular complexity index is 762. The molecule has 1 aromatic rings. The summed E-state index contributed by atoms with van der Waals surface area (Å²) in [4.78, 5) is 24.7. The van der Waals surface area contributed by atoms with Gasteiger partial charge in [0.15, 0.2) is 5.75 Å². The Morgan fingerprint density at radius 2 is 1.69 bits per heavy atom. The summed E-state index contributed by atoms with van der Waals surface area (Å²) in [5.41, 5.74) is 0. The first-order valence-corrected chi connectivity index (χ1v) is 11.7. The average molecular weight is 428 g/mol. The molecule has 0 aliphatic carbocycles. The molecule has 1 amide bonds. The number of benzene rings is 1. The third-order valence-electron chi connectivity index (χ3n) is 4.72. The molecule has 1 aromatic carbocycles. The van der Waals surface area contributed by atoms with E-state index in [-0.39, 0.29) is 17.6 Å². The van der Waals surface area contributed by atoms with E-state index in [0.717, 1.165) is 44.6 Å². The van der Waals surface area contributed by atoms with Crippen LogP contribution >= 0.6 is 0 Å². The quantitative estimate of drug-likeness (QED) is 0.212. The molecule has 0 bridgehead atoms. The van der Waals surface area contributed by atoms with Crippen molar-refractivity contribution in [2.24, 2.45) is 5.92 Å². The normalized spacial score (nSPS) is 13.5. The fraction of sp³-hybridized carbons (Fsp3) is 0.619. The zero-order valence-corrected chi connectivity index (χ0v) is 18.3. The van der Waals surface area contributed by atoms with Crippen molar-refractivity contribution >= 4 is 22.0 Å². The Hall–Kier alpha value is -1.93. The number of para-hydroxylation sites is 1. The first-order chi connectivity index (χ1) is 13.7. The number of carbonyl (C=O) groups is 2. The Morgan fingerprint density at radius 3 is 2.31 bits per heavy atom. The monoisotopic (exact) mass is 427 g/mol. The summed E-state index contributed by atoms with van der Waals surface area (Å²) in [7, 11) is -4.54. The number of hydrogen-bond acceptors (Lipinski definition) is 5. The van der Waals surface area contributed by atoms with Gasteiger partial charge in [-0.05, 0) is 25.0 Å². The molecule has 0 fully saturated rings. The van der Waals surface area contributed by atoms with Gasteiger partial charge < -0.3 is 10.1 Å². The first kappa shape index (κ1) is 25.1. The summed E-state index contributed by atoms with van der Waals surface area (Å²) >= 11 is 0. The van der Waals surface area contributed by atoms with Gasteiger partial charge in [-0.25, -0.2) is 4.79 Å². The van der Waals surface area contributed by atoms with Gasteiger partial charge in [0.2, 0.25) is 5.91 Å². The fourth-order valence-electron chi connectivity index (χ4n) is 2.91. The van der Waals surface area contributed by atoms with Crippen molar-refractivity contribution in [3.8, 4) is 5.75 Å². The van der Waals surface area contributed by atoms with Gasteiger partial charge in [0, 0.05) is 5.92 Å². The van der Waals surface area contributed by atoms with E-state index in [9.17, 15) is 22.6 Å². The van der Waals surface area contributed by atoms with Crippen LogP contribution in [0.2, 0.25) is 0 Å². The standard InChI is InChI=1S/C21H33NO6S/c1-4-6-8-9-12-16(3)20(23)22-17(13-7-5-2)21(24)28-18-14-10-11-15-19(18)29(25,26)27/h10-11,14-17H,4-9,12-13H2,1-3H3,(H,22,23)(H,25,26,27).